The van der Waals surface area contributed by atoms with Crippen LogP contribution in [-0.2, 0) is 4.79 Å². The molecule has 0 rings (SSSR count). The number of rotatable bonds is 10. The molecule has 106 valence electrons. The standard InChI is InChI=1S/C14H26.C2H4O2/c1-3-5-7-9-11-13-14-12-10-8-6-4-2;1-2(3)4/h3-4,6H,1,5,7-14H2,2H3;1H3,(H,3,4)/b6-4+;. The maximum absolute atomic E-state index is 9.00. The summed E-state index contributed by atoms with van der Waals surface area (Å²) in [4.78, 5) is 9.00. The van der Waals surface area contributed by atoms with Crippen molar-refractivity contribution in [1.82, 2.24) is 0 Å². The number of hydrogen-bond acceptors (Lipinski definition) is 1. The van der Waals surface area contributed by atoms with Crippen LogP contribution in [0.15, 0.2) is 24.8 Å². The van der Waals surface area contributed by atoms with Crippen molar-refractivity contribution in [2.45, 2.75) is 71.6 Å². The van der Waals surface area contributed by atoms with Gasteiger partial charge in [0.1, 0.15) is 0 Å². The molecule has 0 saturated carbocycles. The highest BCUT2D eigenvalue weighted by Crippen LogP contribution is 2.09. The van der Waals surface area contributed by atoms with Gasteiger partial charge in [0.25, 0.3) is 5.97 Å². The van der Waals surface area contributed by atoms with E-state index in [2.05, 4.69) is 25.7 Å². The first-order valence-electron chi connectivity index (χ1n) is 7.06. The molecule has 0 radical (unpaired) electrons. The third kappa shape index (κ3) is 29.4. The van der Waals surface area contributed by atoms with Crippen molar-refractivity contribution in [2.75, 3.05) is 0 Å². The van der Waals surface area contributed by atoms with Gasteiger partial charge in [-0.05, 0) is 32.6 Å². The molecular formula is C16H30O2. The summed E-state index contributed by atoms with van der Waals surface area (Å²) in [6, 6.07) is 0. The third-order valence-corrected chi connectivity index (χ3v) is 2.51. The van der Waals surface area contributed by atoms with Gasteiger partial charge in [0.05, 0.1) is 0 Å². The predicted octanol–water partition coefficient (Wildman–Crippen LogP) is 5.35. The molecule has 0 aromatic carbocycles. The largest absolute Gasteiger partial charge is 0.481 e. The molecule has 0 atom stereocenters. The van der Waals surface area contributed by atoms with E-state index in [9.17, 15) is 0 Å². The smallest absolute Gasteiger partial charge is 0.300 e. The number of carboxylic acids is 1. The number of carbonyl (C=O) groups is 1. The van der Waals surface area contributed by atoms with Gasteiger partial charge in [-0.3, -0.25) is 4.79 Å². The molecular weight excluding hydrogens is 224 g/mol. The molecule has 0 aliphatic heterocycles. The van der Waals surface area contributed by atoms with Gasteiger partial charge in [-0.1, -0.05) is 50.3 Å². The second-order valence-corrected chi connectivity index (χ2v) is 4.43. The summed E-state index contributed by atoms with van der Waals surface area (Å²) < 4.78 is 0. The fourth-order valence-corrected chi connectivity index (χ4v) is 1.60. The molecule has 0 aliphatic carbocycles. The minimum Gasteiger partial charge on any atom is -0.481 e. The highest BCUT2D eigenvalue weighted by molar-refractivity contribution is 5.62. The first-order chi connectivity index (χ1) is 8.65. The number of aliphatic carboxylic acids is 1. The molecule has 0 aliphatic rings. The number of carboxylic acid groups (broad SMARTS) is 1. The average Bonchev–Trinajstić information content (AvgIpc) is 2.31. The van der Waals surface area contributed by atoms with Crippen LogP contribution in [0.5, 0.6) is 0 Å². The van der Waals surface area contributed by atoms with Crippen LogP contribution in [-0.4, -0.2) is 11.1 Å². The Labute approximate surface area is 113 Å². The van der Waals surface area contributed by atoms with Gasteiger partial charge >= 0.3 is 0 Å². The van der Waals surface area contributed by atoms with Crippen LogP contribution in [0.4, 0.5) is 0 Å². The molecule has 0 bridgehead atoms. The van der Waals surface area contributed by atoms with Crippen molar-refractivity contribution in [2.24, 2.45) is 0 Å². The minimum atomic E-state index is -0.833. The maximum Gasteiger partial charge on any atom is 0.300 e. The Kier molecular flexibility index (Phi) is 19.6. The van der Waals surface area contributed by atoms with Crippen molar-refractivity contribution in [3.05, 3.63) is 24.8 Å². The summed E-state index contributed by atoms with van der Waals surface area (Å²) in [7, 11) is 0. The second kappa shape index (κ2) is 18.3. The molecule has 0 heterocycles. The van der Waals surface area contributed by atoms with Crippen LogP contribution >= 0.6 is 0 Å². The average molecular weight is 254 g/mol. The van der Waals surface area contributed by atoms with E-state index >= 15 is 0 Å². The fraction of sp³-hybridized carbons (Fsp3) is 0.688. The molecule has 0 spiro atoms. The lowest BCUT2D eigenvalue weighted by Crippen LogP contribution is -1.80. The summed E-state index contributed by atoms with van der Waals surface area (Å²) in [6.07, 6.45) is 18.7. The SMILES string of the molecule is C=CCCCCCCCCC/C=C/C.CC(=O)O. The molecule has 0 amide bonds. The highest BCUT2D eigenvalue weighted by Gasteiger charge is 1.90. The topological polar surface area (TPSA) is 37.3 Å². The van der Waals surface area contributed by atoms with E-state index < -0.39 is 5.97 Å². The van der Waals surface area contributed by atoms with Gasteiger partial charge in [0.2, 0.25) is 0 Å². The van der Waals surface area contributed by atoms with Crippen LogP contribution in [0.3, 0.4) is 0 Å². The van der Waals surface area contributed by atoms with Crippen molar-refractivity contribution in [1.29, 1.82) is 0 Å². The molecule has 18 heavy (non-hydrogen) atoms. The minimum absolute atomic E-state index is 0.833. The maximum atomic E-state index is 9.00. The summed E-state index contributed by atoms with van der Waals surface area (Å²) in [5, 5.41) is 7.42. The Morgan fingerprint density at radius 1 is 1.00 bits per heavy atom. The summed E-state index contributed by atoms with van der Waals surface area (Å²) in [5.74, 6) is -0.833. The van der Waals surface area contributed by atoms with Gasteiger partial charge in [0.15, 0.2) is 0 Å². The van der Waals surface area contributed by atoms with Crippen molar-refractivity contribution in [3.63, 3.8) is 0 Å². The zero-order valence-corrected chi connectivity index (χ0v) is 12.2. The molecule has 0 aromatic heterocycles. The van der Waals surface area contributed by atoms with Gasteiger partial charge in [-0.2, -0.15) is 0 Å². The van der Waals surface area contributed by atoms with Crippen LogP contribution in [0, 0.1) is 0 Å². The van der Waals surface area contributed by atoms with Gasteiger partial charge in [-0.15, -0.1) is 6.58 Å². The highest BCUT2D eigenvalue weighted by atomic mass is 16.4. The van der Waals surface area contributed by atoms with Crippen LogP contribution in [0.1, 0.15) is 71.6 Å². The van der Waals surface area contributed by atoms with E-state index in [0.29, 0.717) is 0 Å². The van der Waals surface area contributed by atoms with E-state index in [1.807, 2.05) is 6.08 Å². The normalized spacial score (nSPS) is 9.89. The summed E-state index contributed by atoms with van der Waals surface area (Å²) in [5.41, 5.74) is 0. The molecule has 0 aromatic rings. The Balaban J connectivity index is 0. The Morgan fingerprint density at radius 2 is 1.39 bits per heavy atom. The van der Waals surface area contributed by atoms with E-state index in [-0.39, 0.29) is 0 Å². The van der Waals surface area contributed by atoms with E-state index in [4.69, 9.17) is 9.90 Å². The Morgan fingerprint density at radius 3 is 1.78 bits per heavy atom. The molecule has 2 nitrogen and oxygen atoms in total. The van der Waals surface area contributed by atoms with Gasteiger partial charge in [-0.25, -0.2) is 0 Å². The summed E-state index contributed by atoms with van der Waals surface area (Å²) >= 11 is 0. The molecule has 0 saturated heterocycles. The molecule has 2 heteroatoms. The number of unbranched alkanes of at least 4 members (excludes halogenated alkanes) is 8. The quantitative estimate of drug-likeness (QED) is 0.421. The Hall–Kier alpha value is -1.05. The Bertz CT molecular complexity index is 203. The van der Waals surface area contributed by atoms with Crippen LogP contribution < -0.4 is 0 Å². The van der Waals surface area contributed by atoms with Crippen molar-refractivity contribution >= 4 is 5.97 Å². The lowest BCUT2D eigenvalue weighted by molar-refractivity contribution is -0.134. The van der Waals surface area contributed by atoms with Gasteiger partial charge < -0.3 is 5.11 Å². The lowest BCUT2D eigenvalue weighted by Gasteiger charge is -1.99. The summed E-state index contributed by atoms with van der Waals surface area (Å²) in [6.45, 7) is 6.91. The van der Waals surface area contributed by atoms with Crippen molar-refractivity contribution in [3.8, 4) is 0 Å². The molecule has 1 N–H and O–H groups in total. The van der Waals surface area contributed by atoms with Crippen LogP contribution in [0.25, 0.3) is 0 Å². The van der Waals surface area contributed by atoms with Crippen molar-refractivity contribution < 1.29 is 9.90 Å². The lowest BCUT2D eigenvalue weighted by atomic mass is 10.1. The van der Waals surface area contributed by atoms with Gasteiger partial charge in [0, 0.05) is 6.92 Å². The number of allylic oxidation sites excluding steroid dienone is 3. The zero-order valence-electron chi connectivity index (χ0n) is 12.2. The fourth-order valence-electron chi connectivity index (χ4n) is 1.60. The monoisotopic (exact) mass is 254 g/mol. The molecule has 0 unspecified atom stereocenters. The first-order valence-corrected chi connectivity index (χ1v) is 7.06. The van der Waals surface area contributed by atoms with E-state index in [1.165, 1.54) is 57.8 Å². The third-order valence-electron chi connectivity index (χ3n) is 2.51. The van der Waals surface area contributed by atoms with E-state index in [1.54, 1.807) is 0 Å². The van der Waals surface area contributed by atoms with E-state index in [0.717, 1.165) is 6.92 Å². The zero-order chi connectivity index (χ0) is 14.1. The van der Waals surface area contributed by atoms with Crippen LogP contribution in [0.2, 0.25) is 0 Å². The molecule has 0 fully saturated rings. The second-order valence-electron chi connectivity index (χ2n) is 4.43. The first kappa shape index (κ1) is 19.3. The number of hydrogen-bond donors (Lipinski definition) is 1. The predicted molar refractivity (Wildman–Crippen MR) is 79.9 cm³/mol.